The second kappa shape index (κ2) is 10.6. The Morgan fingerprint density at radius 1 is 1.03 bits per heavy atom. The summed E-state index contributed by atoms with van der Waals surface area (Å²) in [5, 5.41) is 3.90. The minimum absolute atomic E-state index is 0.235. The van der Waals surface area contributed by atoms with Crippen molar-refractivity contribution in [2.24, 2.45) is 0 Å². The molecule has 0 radical (unpaired) electrons. The first-order chi connectivity index (χ1) is 15.0. The summed E-state index contributed by atoms with van der Waals surface area (Å²) in [5.74, 6) is 0.408. The summed E-state index contributed by atoms with van der Waals surface area (Å²) in [4.78, 5) is 24.7. The number of esters is 1. The minimum atomic E-state index is -0.573. The van der Waals surface area contributed by atoms with Crippen molar-refractivity contribution in [3.05, 3.63) is 82.2 Å². The molecular weight excluding hydrogens is 394 g/mol. The molecule has 1 aromatic heterocycles. The van der Waals surface area contributed by atoms with Crippen LogP contribution in [-0.4, -0.2) is 23.5 Å². The molecule has 0 unspecified atom stereocenters. The van der Waals surface area contributed by atoms with E-state index in [1.807, 2.05) is 26.0 Å². The van der Waals surface area contributed by atoms with Gasteiger partial charge in [0.2, 0.25) is 0 Å². The number of unbranched alkanes of at least 4 members (excludes halogenated alkanes) is 1. The Bertz CT molecular complexity index is 1020. The minimum Gasteiger partial charge on any atom is -0.489 e. The molecule has 31 heavy (non-hydrogen) atoms. The van der Waals surface area contributed by atoms with Gasteiger partial charge in [-0.2, -0.15) is 0 Å². The van der Waals surface area contributed by atoms with Crippen LogP contribution in [0.25, 0.3) is 0 Å². The predicted octanol–water partition coefficient (Wildman–Crippen LogP) is 5.25. The largest absolute Gasteiger partial charge is 0.489 e. The van der Waals surface area contributed by atoms with E-state index in [4.69, 9.17) is 14.0 Å². The Hall–Kier alpha value is -3.41. The van der Waals surface area contributed by atoms with Crippen LogP contribution in [-0.2, 0) is 17.8 Å². The van der Waals surface area contributed by atoms with E-state index < -0.39 is 5.97 Å². The van der Waals surface area contributed by atoms with E-state index in [1.165, 1.54) is 5.56 Å². The van der Waals surface area contributed by atoms with Crippen molar-refractivity contribution in [3.8, 4) is 5.75 Å². The number of nitrogens with zero attached hydrogens (tertiary/aromatic N) is 1. The molecule has 0 aliphatic rings. The molecular formula is C25H27NO5. The molecule has 0 bridgehead atoms. The Kier molecular flexibility index (Phi) is 7.60. The number of carbonyl (C=O) groups excluding carboxylic acids is 2. The lowest BCUT2D eigenvalue weighted by molar-refractivity contribution is 0.0474. The topological polar surface area (TPSA) is 78.6 Å². The van der Waals surface area contributed by atoms with Gasteiger partial charge in [0.1, 0.15) is 18.1 Å². The number of aromatic nitrogens is 1. The molecule has 1 heterocycles. The number of ether oxygens (including phenoxy) is 2. The molecule has 0 aliphatic heterocycles. The standard InChI is InChI=1S/C25H27NO5/c1-4-5-7-19-10-12-20(13-11-19)24(27)16-30-25(28)21-8-6-9-22(14-21)29-15-23-17(2)26-31-18(23)3/h6,8-14H,4-5,7,15-16H2,1-3H3. The lowest BCUT2D eigenvalue weighted by Gasteiger charge is -2.08. The average molecular weight is 421 g/mol. The van der Waals surface area contributed by atoms with Gasteiger partial charge in [0.05, 0.1) is 16.8 Å². The normalized spacial score (nSPS) is 10.7. The van der Waals surface area contributed by atoms with Gasteiger partial charge in [-0.3, -0.25) is 4.79 Å². The maximum Gasteiger partial charge on any atom is 0.338 e. The molecule has 6 nitrogen and oxygen atoms in total. The van der Waals surface area contributed by atoms with E-state index in [0.29, 0.717) is 22.6 Å². The highest BCUT2D eigenvalue weighted by Crippen LogP contribution is 2.19. The Balaban J connectivity index is 1.54. The molecule has 0 spiro atoms. The van der Waals surface area contributed by atoms with Gasteiger partial charge in [-0.25, -0.2) is 4.79 Å². The lowest BCUT2D eigenvalue weighted by Crippen LogP contribution is -2.14. The zero-order chi connectivity index (χ0) is 22.2. The molecule has 0 aliphatic carbocycles. The number of hydrogen-bond donors (Lipinski definition) is 0. The van der Waals surface area contributed by atoms with Gasteiger partial charge in [-0.15, -0.1) is 0 Å². The summed E-state index contributed by atoms with van der Waals surface area (Å²) < 4.78 is 16.1. The fourth-order valence-electron chi connectivity index (χ4n) is 3.11. The second-order valence-corrected chi connectivity index (χ2v) is 7.42. The van der Waals surface area contributed by atoms with Crippen LogP contribution < -0.4 is 4.74 Å². The molecule has 162 valence electrons. The molecule has 0 N–H and O–H groups in total. The van der Waals surface area contributed by atoms with Crippen molar-refractivity contribution in [1.29, 1.82) is 0 Å². The van der Waals surface area contributed by atoms with Gasteiger partial charge < -0.3 is 14.0 Å². The van der Waals surface area contributed by atoms with Crippen molar-refractivity contribution in [3.63, 3.8) is 0 Å². The van der Waals surface area contributed by atoms with Crippen molar-refractivity contribution < 1.29 is 23.6 Å². The van der Waals surface area contributed by atoms with Crippen molar-refractivity contribution in [1.82, 2.24) is 5.16 Å². The molecule has 2 aromatic carbocycles. The van der Waals surface area contributed by atoms with E-state index in [9.17, 15) is 9.59 Å². The maximum absolute atomic E-state index is 12.4. The third-order valence-electron chi connectivity index (χ3n) is 5.06. The SMILES string of the molecule is CCCCc1ccc(C(=O)COC(=O)c2cccc(OCc3c(C)noc3C)c2)cc1. The van der Waals surface area contributed by atoms with Crippen LogP contribution in [0.4, 0.5) is 0 Å². The van der Waals surface area contributed by atoms with Gasteiger partial charge in [-0.1, -0.05) is 48.8 Å². The van der Waals surface area contributed by atoms with Crippen LogP contribution in [0.2, 0.25) is 0 Å². The van der Waals surface area contributed by atoms with Gasteiger partial charge in [0, 0.05) is 5.56 Å². The quantitative estimate of drug-likeness (QED) is 0.328. The fraction of sp³-hybridized carbons (Fsp3) is 0.320. The predicted molar refractivity (Wildman–Crippen MR) is 116 cm³/mol. The number of rotatable bonds is 10. The van der Waals surface area contributed by atoms with Crippen LogP contribution >= 0.6 is 0 Å². The number of aryl methyl sites for hydroxylation is 3. The van der Waals surface area contributed by atoms with E-state index in [-0.39, 0.29) is 19.0 Å². The highest BCUT2D eigenvalue weighted by atomic mass is 16.5. The summed E-state index contributed by atoms with van der Waals surface area (Å²) in [5.41, 5.74) is 3.69. The third-order valence-corrected chi connectivity index (χ3v) is 5.06. The monoisotopic (exact) mass is 421 g/mol. The Morgan fingerprint density at radius 3 is 2.48 bits per heavy atom. The van der Waals surface area contributed by atoms with Crippen LogP contribution in [0.5, 0.6) is 5.75 Å². The van der Waals surface area contributed by atoms with E-state index in [0.717, 1.165) is 30.5 Å². The zero-order valence-corrected chi connectivity index (χ0v) is 18.1. The Morgan fingerprint density at radius 2 is 1.81 bits per heavy atom. The first-order valence-electron chi connectivity index (χ1n) is 10.4. The summed E-state index contributed by atoms with van der Waals surface area (Å²) >= 11 is 0. The summed E-state index contributed by atoms with van der Waals surface area (Å²) in [6.45, 7) is 5.79. The highest BCUT2D eigenvalue weighted by Gasteiger charge is 2.14. The Labute approximate surface area is 182 Å². The molecule has 0 fully saturated rings. The third kappa shape index (κ3) is 6.04. The first-order valence-corrected chi connectivity index (χ1v) is 10.4. The molecule has 0 amide bonds. The van der Waals surface area contributed by atoms with Crippen LogP contribution in [0.3, 0.4) is 0 Å². The first kappa shape index (κ1) is 22.3. The second-order valence-electron chi connectivity index (χ2n) is 7.42. The van der Waals surface area contributed by atoms with Crippen LogP contribution in [0.1, 0.15) is 63.1 Å². The van der Waals surface area contributed by atoms with Gasteiger partial charge in [0.25, 0.3) is 0 Å². The van der Waals surface area contributed by atoms with Gasteiger partial charge in [0.15, 0.2) is 12.4 Å². The fourth-order valence-corrected chi connectivity index (χ4v) is 3.11. The molecule has 3 aromatic rings. The summed E-state index contributed by atoms with van der Waals surface area (Å²) in [6, 6.07) is 14.1. The van der Waals surface area contributed by atoms with E-state index in [1.54, 1.807) is 36.4 Å². The molecule has 0 atom stereocenters. The van der Waals surface area contributed by atoms with Crippen LogP contribution in [0, 0.1) is 13.8 Å². The van der Waals surface area contributed by atoms with E-state index in [2.05, 4.69) is 12.1 Å². The zero-order valence-electron chi connectivity index (χ0n) is 18.1. The molecule has 6 heteroatoms. The maximum atomic E-state index is 12.4. The van der Waals surface area contributed by atoms with E-state index >= 15 is 0 Å². The molecule has 0 saturated carbocycles. The summed E-state index contributed by atoms with van der Waals surface area (Å²) in [7, 11) is 0. The van der Waals surface area contributed by atoms with Gasteiger partial charge >= 0.3 is 5.97 Å². The smallest absolute Gasteiger partial charge is 0.338 e. The number of ketones is 1. The van der Waals surface area contributed by atoms with Crippen molar-refractivity contribution in [2.45, 2.75) is 46.6 Å². The van der Waals surface area contributed by atoms with Crippen molar-refractivity contribution in [2.75, 3.05) is 6.61 Å². The average Bonchev–Trinajstić information content (AvgIpc) is 3.12. The van der Waals surface area contributed by atoms with Crippen molar-refractivity contribution >= 4 is 11.8 Å². The van der Waals surface area contributed by atoms with Crippen LogP contribution in [0.15, 0.2) is 53.1 Å². The number of benzene rings is 2. The number of hydrogen-bond acceptors (Lipinski definition) is 6. The summed E-state index contributed by atoms with van der Waals surface area (Å²) in [6.07, 6.45) is 3.24. The lowest BCUT2D eigenvalue weighted by atomic mass is 10.0. The highest BCUT2D eigenvalue weighted by molar-refractivity contribution is 5.99. The molecule has 3 rings (SSSR count). The molecule has 0 saturated heterocycles. The van der Waals surface area contributed by atoms with Gasteiger partial charge in [-0.05, 0) is 50.5 Å². The number of Topliss-reactive ketones (excluding diaryl/α,β-unsaturated/α-hetero) is 1. The number of carbonyl (C=O) groups is 2.